The van der Waals surface area contributed by atoms with Gasteiger partial charge in [0.2, 0.25) is 0 Å². The van der Waals surface area contributed by atoms with Crippen molar-refractivity contribution in [2.45, 2.75) is 18.7 Å². The molecule has 2 aromatic carbocycles. The maximum Gasteiger partial charge on any atom is 0.0731 e. The number of rotatable bonds is 5. The van der Waals surface area contributed by atoms with Gasteiger partial charge in [0.25, 0.3) is 0 Å². The monoisotopic (exact) mass is 340 g/mol. The molecule has 0 saturated carbocycles. The molecule has 0 saturated heterocycles. The van der Waals surface area contributed by atoms with E-state index >= 15 is 0 Å². The van der Waals surface area contributed by atoms with E-state index in [1.807, 2.05) is 0 Å². The quantitative estimate of drug-likeness (QED) is 0.820. The first-order valence-corrected chi connectivity index (χ1v) is 9.88. The van der Waals surface area contributed by atoms with E-state index < -0.39 is 0 Å². The highest BCUT2D eigenvalue weighted by Gasteiger charge is 2.29. The highest BCUT2D eigenvalue weighted by atomic mass is 32.2. The molecule has 0 aromatic heterocycles. The molecule has 126 valence electrons. The van der Waals surface area contributed by atoms with Crippen molar-refractivity contribution in [3.63, 3.8) is 0 Å². The number of nitrogens with one attached hydrogen (secondary N) is 1. The summed E-state index contributed by atoms with van der Waals surface area (Å²) in [6, 6.07) is 15.0. The Morgan fingerprint density at radius 3 is 2.67 bits per heavy atom. The van der Waals surface area contributed by atoms with Gasteiger partial charge in [-0.3, -0.25) is 15.6 Å². The average molecular weight is 340 g/mol. The van der Waals surface area contributed by atoms with Crippen LogP contribution in [0.25, 0.3) is 5.70 Å². The molecule has 3 N–H and O–H groups in total. The molecule has 0 spiro atoms. The fourth-order valence-corrected chi connectivity index (χ4v) is 5.09. The lowest BCUT2D eigenvalue weighted by molar-refractivity contribution is 0.308. The number of nitrogens with two attached hydrogens (primary N) is 1. The summed E-state index contributed by atoms with van der Waals surface area (Å²) in [4.78, 5) is 3.70. The summed E-state index contributed by atoms with van der Waals surface area (Å²) in [5.74, 6) is 0. The molecule has 5 heteroatoms. The Balaban J connectivity index is 1.80. The topological polar surface area (TPSA) is 44.5 Å². The minimum absolute atomic E-state index is 0.360. The number of likely N-dealkylation sites (N-methyl/N-ethyl adjacent to an activating group) is 1. The van der Waals surface area contributed by atoms with E-state index in [4.69, 9.17) is 5.14 Å². The third-order valence-corrected chi connectivity index (χ3v) is 6.60. The summed E-state index contributed by atoms with van der Waals surface area (Å²) in [5.41, 5.74) is 7.41. The van der Waals surface area contributed by atoms with Gasteiger partial charge in [0.1, 0.15) is 0 Å². The molecule has 24 heavy (non-hydrogen) atoms. The van der Waals surface area contributed by atoms with Crippen LogP contribution in [0, 0.1) is 4.51 Å². The van der Waals surface area contributed by atoms with Gasteiger partial charge in [-0.2, -0.15) is 0 Å². The molecule has 2 aromatic rings. The van der Waals surface area contributed by atoms with E-state index in [1.165, 1.54) is 31.6 Å². The number of fused-ring (bicyclic) bond motifs is 1. The zero-order valence-corrected chi connectivity index (χ0v) is 15.1. The van der Waals surface area contributed by atoms with E-state index in [2.05, 4.69) is 71.6 Å². The molecule has 0 bridgehead atoms. The summed E-state index contributed by atoms with van der Waals surface area (Å²) in [6.45, 7) is 8.62. The minimum Gasteiger partial charge on any atom is -0.302 e. The number of nitrogens with zero attached hydrogens (tertiary/aromatic N) is 2. The van der Waals surface area contributed by atoms with Gasteiger partial charge < -0.3 is 4.90 Å². The Morgan fingerprint density at radius 1 is 1.08 bits per heavy atom. The van der Waals surface area contributed by atoms with Crippen LogP contribution in [0.2, 0.25) is 0 Å². The Labute approximate surface area is 145 Å². The molecule has 2 aliphatic heterocycles. The van der Waals surface area contributed by atoms with Crippen molar-refractivity contribution in [1.29, 1.82) is 0 Å². The predicted octanol–water partition coefficient (Wildman–Crippen LogP) is 2.28. The van der Waals surface area contributed by atoms with Gasteiger partial charge in [-0.05, 0) is 31.3 Å². The van der Waals surface area contributed by atoms with Gasteiger partial charge in [0.05, 0.1) is 17.9 Å². The Hall–Kier alpha value is -1.82. The molecule has 1 atom stereocenters. The first kappa shape index (κ1) is 15.7. The van der Waals surface area contributed by atoms with Crippen LogP contribution < -0.4 is 20.8 Å². The lowest BCUT2D eigenvalue weighted by Gasteiger charge is -2.24. The Bertz CT molecular complexity index is 902. The molecule has 0 fully saturated rings. The van der Waals surface area contributed by atoms with E-state index in [0.717, 1.165) is 26.2 Å². The van der Waals surface area contributed by atoms with E-state index in [9.17, 15) is 0 Å². The van der Waals surface area contributed by atoms with Crippen LogP contribution in [0.15, 0.2) is 47.4 Å². The van der Waals surface area contributed by atoms with Crippen LogP contribution in [0.5, 0.6) is 0 Å². The number of hydrogen-bond donors (Lipinski definition) is 2. The second-order valence-electron chi connectivity index (χ2n) is 6.15. The van der Waals surface area contributed by atoms with Crippen molar-refractivity contribution in [2.75, 3.05) is 31.2 Å². The zero-order chi connectivity index (χ0) is 16.7. The van der Waals surface area contributed by atoms with Crippen LogP contribution in [0.3, 0.4) is 0 Å². The van der Waals surface area contributed by atoms with Crippen LogP contribution in [-0.4, -0.2) is 31.1 Å². The second kappa shape index (κ2) is 6.24. The third kappa shape index (κ3) is 2.35. The predicted molar refractivity (Wildman–Crippen MR) is 102 cm³/mol. The third-order valence-electron chi connectivity index (χ3n) is 4.96. The molecule has 2 aliphatic rings. The number of benzene rings is 2. The molecule has 0 radical (unpaired) electrons. The van der Waals surface area contributed by atoms with Gasteiger partial charge in [-0.25, -0.2) is 0 Å². The van der Waals surface area contributed by atoms with Crippen molar-refractivity contribution in [2.24, 2.45) is 5.14 Å². The lowest BCUT2D eigenvalue weighted by Crippen LogP contribution is -2.40. The van der Waals surface area contributed by atoms with Crippen molar-refractivity contribution in [1.82, 2.24) is 10.3 Å². The lowest BCUT2D eigenvalue weighted by atomic mass is 10.1. The molecule has 4 nitrogen and oxygen atoms in total. The maximum atomic E-state index is 6.59. The normalized spacial score (nSPS) is 17.8. The minimum atomic E-state index is -0.360. The Morgan fingerprint density at radius 2 is 1.88 bits per heavy atom. The number of hydrogen-bond acceptors (Lipinski definition) is 4. The van der Waals surface area contributed by atoms with Gasteiger partial charge in [-0.15, -0.1) is 0 Å². The molecule has 2 heterocycles. The molecule has 0 aliphatic carbocycles. The van der Waals surface area contributed by atoms with Crippen LogP contribution in [0.4, 0.5) is 5.69 Å². The van der Waals surface area contributed by atoms with Crippen molar-refractivity contribution < 1.29 is 0 Å². The largest absolute Gasteiger partial charge is 0.302 e. The molecule has 0 amide bonds. The number of anilines is 1. The van der Waals surface area contributed by atoms with Crippen LogP contribution in [-0.2, 0) is 0 Å². The van der Waals surface area contributed by atoms with Gasteiger partial charge in [-0.1, -0.05) is 48.8 Å². The summed E-state index contributed by atoms with van der Waals surface area (Å²) < 4.78 is 1.23. The molecule has 1 unspecified atom stereocenters. The summed E-state index contributed by atoms with van der Waals surface area (Å²) in [5, 5.41) is 10.1. The highest BCUT2D eigenvalue weighted by molar-refractivity contribution is 8.07. The van der Waals surface area contributed by atoms with Crippen molar-refractivity contribution >= 4 is 22.1 Å². The van der Waals surface area contributed by atoms with Crippen LogP contribution >= 0.6 is 10.7 Å². The molecule has 4 rings (SSSR count). The average Bonchev–Trinajstić information content (AvgIpc) is 3.00. The van der Waals surface area contributed by atoms with E-state index in [0.29, 0.717) is 0 Å². The van der Waals surface area contributed by atoms with Crippen LogP contribution in [0.1, 0.15) is 19.4 Å². The summed E-state index contributed by atoms with van der Waals surface area (Å²) in [6.07, 6.45) is 0. The van der Waals surface area contributed by atoms with E-state index in [-0.39, 0.29) is 10.7 Å². The molecular weight excluding hydrogens is 316 g/mol. The maximum absolute atomic E-state index is 6.59. The fraction of sp³-hybridized carbons (Fsp3) is 0.316. The van der Waals surface area contributed by atoms with Crippen molar-refractivity contribution in [3.05, 3.63) is 57.8 Å². The van der Waals surface area contributed by atoms with Crippen molar-refractivity contribution in [3.8, 4) is 0 Å². The zero-order valence-electron chi connectivity index (χ0n) is 14.2. The summed E-state index contributed by atoms with van der Waals surface area (Å²) >= 11 is 0. The smallest absolute Gasteiger partial charge is 0.0731 e. The Kier molecular flexibility index (Phi) is 4.08. The van der Waals surface area contributed by atoms with Gasteiger partial charge >= 0.3 is 0 Å². The van der Waals surface area contributed by atoms with Gasteiger partial charge in [0, 0.05) is 26.7 Å². The second-order valence-corrected chi connectivity index (χ2v) is 7.70. The van der Waals surface area contributed by atoms with Gasteiger partial charge in [0.15, 0.2) is 0 Å². The highest BCUT2D eigenvalue weighted by Crippen LogP contribution is 2.41. The SMILES string of the molecule is CCN(CC)CCN1NC2=c3ccccc3=S(N)c3cccc1c32. The fourth-order valence-electron chi connectivity index (χ4n) is 3.57. The first-order valence-electron chi connectivity index (χ1n) is 8.59. The first-order chi connectivity index (χ1) is 11.7. The molecular formula is C19H24N4S. The number of hydrazine groups is 1. The summed E-state index contributed by atoms with van der Waals surface area (Å²) in [7, 11) is -0.360. The van der Waals surface area contributed by atoms with E-state index in [1.54, 1.807) is 0 Å². The standard InChI is InChI=1S/C19H24N4S/c1-3-22(4-2)12-13-23-15-9-7-11-17-18(15)19(21-23)14-8-5-6-10-16(14)24(17)20/h5-11,21H,3-4,12-13,20H2,1-2H3.